The Morgan fingerprint density at radius 1 is 0.816 bits per heavy atom. The van der Waals surface area contributed by atoms with Crippen LogP contribution in [0.4, 0.5) is 0 Å². The monoisotopic (exact) mass is 501 g/mol. The van der Waals surface area contributed by atoms with Gasteiger partial charge in [0.25, 0.3) is 5.91 Å². The molecule has 1 heterocycles. The number of nitrogens with zero attached hydrogens (tertiary/aromatic N) is 3. The Balaban J connectivity index is 1.55. The number of ether oxygens (including phenoxy) is 1. The topological polar surface area (TPSA) is 47.4 Å². The molecular formula is C33H31N3O2. The number of aromatic nitrogens is 2. The third-order valence-corrected chi connectivity index (χ3v) is 6.59. The normalized spacial score (nSPS) is 10.8. The second kappa shape index (κ2) is 11.6. The lowest BCUT2D eigenvalue weighted by molar-refractivity contribution is 0.0736. The van der Waals surface area contributed by atoms with Crippen molar-refractivity contribution < 1.29 is 9.53 Å². The van der Waals surface area contributed by atoms with Gasteiger partial charge in [-0.2, -0.15) is 5.10 Å². The summed E-state index contributed by atoms with van der Waals surface area (Å²) in [6, 6.07) is 38.1. The average Bonchev–Trinajstić information content (AvgIpc) is 3.42. The number of carbonyl (C=O) groups excluding carboxylic acids is 1. The van der Waals surface area contributed by atoms with E-state index in [0.717, 1.165) is 40.2 Å². The van der Waals surface area contributed by atoms with E-state index < -0.39 is 0 Å². The molecule has 0 fully saturated rings. The maximum Gasteiger partial charge on any atom is 0.272 e. The molecule has 0 aliphatic carbocycles. The Morgan fingerprint density at radius 2 is 1.50 bits per heavy atom. The van der Waals surface area contributed by atoms with Crippen molar-refractivity contribution in [2.24, 2.45) is 0 Å². The zero-order chi connectivity index (χ0) is 26.3. The minimum Gasteiger partial charge on any atom is -0.497 e. The number of hydrogen-bond donors (Lipinski definition) is 0. The second-order valence-corrected chi connectivity index (χ2v) is 9.34. The summed E-state index contributed by atoms with van der Waals surface area (Å²) in [5, 5.41) is 4.90. The molecule has 0 spiro atoms. The summed E-state index contributed by atoms with van der Waals surface area (Å²) in [4.78, 5) is 16.2. The molecule has 0 radical (unpaired) electrons. The lowest BCUT2D eigenvalue weighted by Gasteiger charge is -2.23. The fraction of sp³-hybridized carbons (Fsp3) is 0.152. The zero-order valence-corrected chi connectivity index (χ0v) is 21.7. The molecule has 0 saturated carbocycles. The van der Waals surface area contributed by atoms with Crippen molar-refractivity contribution >= 4 is 5.91 Å². The third-order valence-electron chi connectivity index (χ3n) is 6.59. The summed E-state index contributed by atoms with van der Waals surface area (Å²) in [6.45, 7) is 3.15. The standard InChI is InChI=1S/C33H31N3O2/c1-25-16-18-29(19-17-25)36-32(23-31(34-36)28-14-9-15-30(22-28)38-2)33(37)35(24-27-12-7-4-8-13-27)21-20-26-10-5-3-6-11-26/h3-19,22-23H,20-21,24H2,1-2H3. The van der Waals surface area contributed by atoms with Gasteiger partial charge in [-0.15, -0.1) is 0 Å². The minimum absolute atomic E-state index is 0.0630. The van der Waals surface area contributed by atoms with Crippen LogP contribution < -0.4 is 4.74 Å². The van der Waals surface area contributed by atoms with Crippen LogP contribution in [-0.4, -0.2) is 34.2 Å². The molecule has 1 aromatic heterocycles. The van der Waals surface area contributed by atoms with Gasteiger partial charge in [0.1, 0.15) is 11.4 Å². The molecule has 5 aromatic rings. The number of rotatable bonds is 9. The van der Waals surface area contributed by atoms with E-state index >= 15 is 0 Å². The van der Waals surface area contributed by atoms with Crippen molar-refractivity contribution in [1.82, 2.24) is 14.7 Å². The first kappa shape index (κ1) is 25.0. The Kier molecular flexibility index (Phi) is 7.65. The smallest absolute Gasteiger partial charge is 0.272 e. The SMILES string of the molecule is COc1cccc(-c2cc(C(=O)N(CCc3ccccc3)Cc3ccccc3)n(-c3ccc(C)cc3)n2)c1. The van der Waals surface area contributed by atoms with Gasteiger partial charge in [0.05, 0.1) is 18.5 Å². The van der Waals surface area contributed by atoms with E-state index in [1.54, 1.807) is 11.8 Å². The van der Waals surface area contributed by atoms with E-state index in [0.29, 0.717) is 18.8 Å². The van der Waals surface area contributed by atoms with Crippen molar-refractivity contribution in [2.45, 2.75) is 19.9 Å². The van der Waals surface area contributed by atoms with Crippen LogP contribution in [0, 0.1) is 6.92 Å². The summed E-state index contributed by atoms with van der Waals surface area (Å²) in [6.07, 6.45) is 0.765. The van der Waals surface area contributed by atoms with E-state index in [9.17, 15) is 4.79 Å². The largest absolute Gasteiger partial charge is 0.497 e. The van der Waals surface area contributed by atoms with E-state index in [2.05, 4.69) is 24.3 Å². The van der Waals surface area contributed by atoms with Gasteiger partial charge in [-0.05, 0) is 54.8 Å². The molecule has 5 nitrogen and oxygen atoms in total. The van der Waals surface area contributed by atoms with Crippen molar-refractivity contribution in [3.05, 3.63) is 138 Å². The molecule has 0 unspecified atom stereocenters. The summed E-state index contributed by atoms with van der Waals surface area (Å²) in [5.41, 5.74) is 6.41. The molecule has 0 N–H and O–H groups in total. The van der Waals surface area contributed by atoms with Crippen LogP contribution in [0.5, 0.6) is 5.75 Å². The van der Waals surface area contributed by atoms with Gasteiger partial charge in [-0.3, -0.25) is 4.79 Å². The Bertz CT molecular complexity index is 1490. The van der Waals surface area contributed by atoms with E-state index in [1.807, 2.05) is 103 Å². The molecule has 0 aliphatic heterocycles. The highest BCUT2D eigenvalue weighted by molar-refractivity contribution is 5.94. The fourth-order valence-corrected chi connectivity index (χ4v) is 4.47. The quantitative estimate of drug-likeness (QED) is 0.225. The van der Waals surface area contributed by atoms with E-state index in [1.165, 1.54) is 5.56 Å². The first-order chi connectivity index (χ1) is 18.6. The lowest BCUT2D eigenvalue weighted by atomic mass is 10.1. The first-order valence-electron chi connectivity index (χ1n) is 12.8. The van der Waals surface area contributed by atoms with E-state index in [-0.39, 0.29) is 5.91 Å². The third kappa shape index (κ3) is 5.84. The number of benzene rings is 4. The number of methoxy groups -OCH3 is 1. The van der Waals surface area contributed by atoms with Crippen molar-refractivity contribution in [3.63, 3.8) is 0 Å². The van der Waals surface area contributed by atoms with Crippen LogP contribution in [0.1, 0.15) is 27.2 Å². The number of aryl methyl sites for hydroxylation is 1. The van der Waals surface area contributed by atoms with Gasteiger partial charge in [0, 0.05) is 18.7 Å². The molecule has 5 heteroatoms. The van der Waals surface area contributed by atoms with Gasteiger partial charge in [-0.25, -0.2) is 4.68 Å². The number of hydrogen-bond acceptors (Lipinski definition) is 3. The molecule has 4 aromatic carbocycles. The number of carbonyl (C=O) groups is 1. The number of amides is 1. The fourth-order valence-electron chi connectivity index (χ4n) is 4.47. The zero-order valence-electron chi connectivity index (χ0n) is 21.7. The highest BCUT2D eigenvalue weighted by Crippen LogP contribution is 2.26. The van der Waals surface area contributed by atoms with Gasteiger partial charge < -0.3 is 9.64 Å². The van der Waals surface area contributed by atoms with Crippen molar-refractivity contribution in [1.29, 1.82) is 0 Å². The highest BCUT2D eigenvalue weighted by atomic mass is 16.5. The van der Waals surface area contributed by atoms with Crippen LogP contribution in [0.3, 0.4) is 0 Å². The van der Waals surface area contributed by atoms with Gasteiger partial charge in [0.2, 0.25) is 0 Å². The van der Waals surface area contributed by atoms with Crippen LogP contribution in [-0.2, 0) is 13.0 Å². The Hall–Kier alpha value is -4.64. The van der Waals surface area contributed by atoms with Crippen LogP contribution >= 0.6 is 0 Å². The molecule has 38 heavy (non-hydrogen) atoms. The van der Waals surface area contributed by atoms with Crippen molar-refractivity contribution in [2.75, 3.05) is 13.7 Å². The summed E-state index contributed by atoms with van der Waals surface area (Å²) in [5.74, 6) is 0.681. The lowest BCUT2D eigenvalue weighted by Crippen LogP contribution is -2.34. The molecular weight excluding hydrogens is 470 g/mol. The molecule has 0 bridgehead atoms. The molecule has 0 atom stereocenters. The second-order valence-electron chi connectivity index (χ2n) is 9.34. The molecule has 0 saturated heterocycles. The van der Waals surface area contributed by atoms with Crippen molar-refractivity contribution in [3.8, 4) is 22.7 Å². The maximum atomic E-state index is 14.2. The highest BCUT2D eigenvalue weighted by Gasteiger charge is 2.23. The molecule has 5 rings (SSSR count). The predicted molar refractivity (Wildman–Crippen MR) is 152 cm³/mol. The Morgan fingerprint density at radius 3 is 2.18 bits per heavy atom. The average molecular weight is 502 g/mol. The van der Waals surface area contributed by atoms with Gasteiger partial charge in [0.15, 0.2) is 0 Å². The first-order valence-corrected chi connectivity index (χ1v) is 12.8. The van der Waals surface area contributed by atoms with Crippen LogP contribution in [0.2, 0.25) is 0 Å². The van der Waals surface area contributed by atoms with Gasteiger partial charge >= 0.3 is 0 Å². The Labute approximate surface area is 223 Å². The maximum absolute atomic E-state index is 14.2. The summed E-state index contributed by atoms with van der Waals surface area (Å²) < 4.78 is 7.19. The van der Waals surface area contributed by atoms with Crippen LogP contribution in [0.15, 0.2) is 115 Å². The van der Waals surface area contributed by atoms with Crippen LogP contribution in [0.25, 0.3) is 16.9 Å². The molecule has 190 valence electrons. The van der Waals surface area contributed by atoms with Gasteiger partial charge in [-0.1, -0.05) is 90.5 Å². The summed E-state index contributed by atoms with van der Waals surface area (Å²) in [7, 11) is 1.65. The summed E-state index contributed by atoms with van der Waals surface area (Å²) >= 11 is 0. The molecule has 0 aliphatic rings. The molecule has 1 amide bonds. The van der Waals surface area contributed by atoms with E-state index in [4.69, 9.17) is 9.84 Å². The predicted octanol–water partition coefficient (Wildman–Crippen LogP) is 6.74. The minimum atomic E-state index is -0.0630.